The molecule has 0 fully saturated rings. The maximum absolute atomic E-state index is 8.45. The van der Waals surface area contributed by atoms with Crippen molar-refractivity contribution >= 4 is 0 Å². The summed E-state index contributed by atoms with van der Waals surface area (Å²) in [6, 6.07) is 11.1. The van der Waals surface area contributed by atoms with Gasteiger partial charge in [0.25, 0.3) is 0 Å². The molecule has 0 amide bonds. The fourth-order valence-corrected chi connectivity index (χ4v) is 0.966. The van der Waals surface area contributed by atoms with Crippen LogP contribution < -0.4 is 0 Å². The predicted octanol–water partition coefficient (Wildman–Crippen LogP) is 1.61. The molecule has 0 aliphatic carbocycles. The lowest BCUT2D eigenvalue weighted by Crippen LogP contribution is -1.75. The van der Waals surface area contributed by atoms with E-state index < -0.39 is 0 Å². The fourth-order valence-electron chi connectivity index (χ4n) is 0.966. The fraction of sp³-hybridized carbons (Fsp3) is 0. The first-order valence-electron chi connectivity index (χ1n) is 3.69. The second-order valence-corrected chi connectivity index (χ2v) is 2.39. The third-order valence-electron chi connectivity index (χ3n) is 1.54. The van der Waals surface area contributed by atoms with Crippen LogP contribution in [0, 0.1) is 11.3 Å². The van der Waals surface area contributed by atoms with E-state index in [9.17, 15) is 0 Å². The summed E-state index contributed by atoms with van der Waals surface area (Å²) in [7, 11) is 0. The minimum Gasteiger partial charge on any atom is -0.408 e. The zero-order chi connectivity index (χ0) is 9.10. The van der Waals surface area contributed by atoms with Crippen molar-refractivity contribution < 1.29 is 4.42 Å². The number of hydrogen-bond donors (Lipinski definition) is 0. The van der Waals surface area contributed by atoms with E-state index in [-0.39, 0.29) is 5.89 Å². The lowest BCUT2D eigenvalue weighted by Gasteiger charge is -1.90. The van der Waals surface area contributed by atoms with Crippen LogP contribution >= 0.6 is 0 Å². The first-order valence-corrected chi connectivity index (χ1v) is 3.69. The SMILES string of the molecule is N#Cc1nnc(-c2ccccc2)o1. The summed E-state index contributed by atoms with van der Waals surface area (Å²) in [5.41, 5.74) is 0.816. The van der Waals surface area contributed by atoms with Gasteiger partial charge in [0.15, 0.2) is 6.07 Å². The van der Waals surface area contributed by atoms with Gasteiger partial charge in [-0.1, -0.05) is 23.3 Å². The average Bonchev–Trinajstić information content (AvgIpc) is 2.67. The second kappa shape index (κ2) is 3.07. The average molecular weight is 171 g/mol. The quantitative estimate of drug-likeness (QED) is 0.653. The zero-order valence-electron chi connectivity index (χ0n) is 6.64. The third-order valence-corrected chi connectivity index (χ3v) is 1.54. The molecule has 62 valence electrons. The molecule has 1 heterocycles. The van der Waals surface area contributed by atoms with Gasteiger partial charge in [-0.3, -0.25) is 0 Å². The first-order chi connectivity index (χ1) is 6.40. The van der Waals surface area contributed by atoms with Gasteiger partial charge in [-0.25, -0.2) is 0 Å². The Balaban J connectivity index is 2.43. The van der Waals surface area contributed by atoms with Crippen molar-refractivity contribution in [3.05, 3.63) is 36.2 Å². The molecule has 0 spiro atoms. The molecule has 4 heteroatoms. The van der Waals surface area contributed by atoms with Gasteiger partial charge >= 0.3 is 5.89 Å². The summed E-state index contributed by atoms with van der Waals surface area (Å²) >= 11 is 0. The first kappa shape index (κ1) is 7.50. The van der Waals surface area contributed by atoms with Crippen molar-refractivity contribution in [3.63, 3.8) is 0 Å². The van der Waals surface area contributed by atoms with Crippen LogP contribution in [0.25, 0.3) is 11.5 Å². The molecule has 2 rings (SSSR count). The Morgan fingerprint density at radius 2 is 1.92 bits per heavy atom. The van der Waals surface area contributed by atoms with Crippen LogP contribution in [-0.4, -0.2) is 10.2 Å². The lowest BCUT2D eigenvalue weighted by atomic mass is 10.2. The zero-order valence-corrected chi connectivity index (χ0v) is 6.64. The topological polar surface area (TPSA) is 62.7 Å². The van der Waals surface area contributed by atoms with Crippen LogP contribution in [0.3, 0.4) is 0 Å². The molecule has 13 heavy (non-hydrogen) atoms. The maximum Gasteiger partial charge on any atom is 0.321 e. The van der Waals surface area contributed by atoms with Gasteiger partial charge in [0.1, 0.15) is 0 Å². The Bertz CT molecular complexity index is 441. The van der Waals surface area contributed by atoms with E-state index in [1.165, 1.54) is 0 Å². The highest BCUT2D eigenvalue weighted by molar-refractivity contribution is 5.51. The van der Waals surface area contributed by atoms with Crippen LogP contribution in [0.5, 0.6) is 0 Å². The summed E-state index contributed by atoms with van der Waals surface area (Å²) in [5, 5.41) is 15.7. The molecule has 4 nitrogen and oxygen atoms in total. The van der Waals surface area contributed by atoms with Crippen molar-refractivity contribution in [1.82, 2.24) is 10.2 Å². The van der Waals surface area contributed by atoms with E-state index in [0.717, 1.165) is 5.56 Å². The summed E-state index contributed by atoms with van der Waals surface area (Å²) in [6.45, 7) is 0. The highest BCUT2D eigenvalue weighted by Crippen LogP contribution is 2.15. The van der Waals surface area contributed by atoms with Gasteiger partial charge in [-0.05, 0) is 12.1 Å². The van der Waals surface area contributed by atoms with E-state index in [4.69, 9.17) is 9.68 Å². The molecule has 0 aliphatic rings. The minimum atomic E-state index is -0.0150. The number of benzene rings is 1. The van der Waals surface area contributed by atoms with Crippen molar-refractivity contribution in [2.45, 2.75) is 0 Å². The van der Waals surface area contributed by atoms with E-state index in [1.54, 1.807) is 6.07 Å². The number of nitrogens with zero attached hydrogens (tertiary/aromatic N) is 3. The Morgan fingerprint density at radius 1 is 1.15 bits per heavy atom. The van der Waals surface area contributed by atoms with Crippen LogP contribution in [0.1, 0.15) is 5.89 Å². The molecular formula is C9H5N3O. The summed E-state index contributed by atoms with van der Waals surface area (Å²) in [4.78, 5) is 0. The molecule has 0 N–H and O–H groups in total. The Kier molecular flexibility index (Phi) is 1.77. The monoisotopic (exact) mass is 171 g/mol. The standard InChI is InChI=1S/C9H5N3O/c10-6-8-11-12-9(13-8)7-4-2-1-3-5-7/h1-5H. The summed E-state index contributed by atoms with van der Waals surface area (Å²) in [5.74, 6) is 0.357. The van der Waals surface area contributed by atoms with Gasteiger partial charge in [-0.2, -0.15) is 5.26 Å². The highest BCUT2D eigenvalue weighted by Gasteiger charge is 2.05. The maximum atomic E-state index is 8.45. The molecule has 1 aromatic carbocycles. The smallest absolute Gasteiger partial charge is 0.321 e. The molecular weight excluding hydrogens is 166 g/mol. The molecule has 0 radical (unpaired) electrons. The normalized spacial score (nSPS) is 9.46. The number of nitriles is 1. The van der Waals surface area contributed by atoms with Gasteiger partial charge in [0.05, 0.1) is 0 Å². The Labute approximate surface area is 74.4 Å². The molecule has 0 bridgehead atoms. The molecule has 0 saturated carbocycles. The van der Waals surface area contributed by atoms with Gasteiger partial charge < -0.3 is 4.42 Å². The van der Waals surface area contributed by atoms with Crippen LogP contribution in [-0.2, 0) is 0 Å². The van der Waals surface area contributed by atoms with E-state index >= 15 is 0 Å². The van der Waals surface area contributed by atoms with E-state index in [2.05, 4.69) is 10.2 Å². The molecule has 0 atom stereocenters. The lowest BCUT2D eigenvalue weighted by molar-refractivity contribution is 0.553. The molecule has 0 unspecified atom stereocenters. The third kappa shape index (κ3) is 1.40. The Hall–Kier alpha value is -2.15. The summed E-state index contributed by atoms with van der Waals surface area (Å²) < 4.78 is 5.04. The van der Waals surface area contributed by atoms with Gasteiger partial charge in [0, 0.05) is 5.56 Å². The van der Waals surface area contributed by atoms with E-state index in [1.807, 2.05) is 30.3 Å². The molecule has 0 saturated heterocycles. The second-order valence-electron chi connectivity index (χ2n) is 2.39. The molecule has 1 aromatic heterocycles. The predicted molar refractivity (Wildman–Crippen MR) is 44.4 cm³/mol. The van der Waals surface area contributed by atoms with Crippen molar-refractivity contribution in [2.24, 2.45) is 0 Å². The van der Waals surface area contributed by atoms with Crippen molar-refractivity contribution in [1.29, 1.82) is 5.26 Å². The molecule has 0 aliphatic heterocycles. The number of rotatable bonds is 1. The Morgan fingerprint density at radius 3 is 2.54 bits per heavy atom. The molecule has 2 aromatic rings. The van der Waals surface area contributed by atoms with Crippen LogP contribution in [0.15, 0.2) is 34.7 Å². The number of hydrogen-bond acceptors (Lipinski definition) is 4. The van der Waals surface area contributed by atoms with Crippen LogP contribution in [0.2, 0.25) is 0 Å². The largest absolute Gasteiger partial charge is 0.408 e. The highest BCUT2D eigenvalue weighted by atomic mass is 16.4. The minimum absolute atomic E-state index is 0.0150. The van der Waals surface area contributed by atoms with Gasteiger partial charge in [0.2, 0.25) is 5.89 Å². The van der Waals surface area contributed by atoms with Crippen molar-refractivity contribution in [2.75, 3.05) is 0 Å². The van der Waals surface area contributed by atoms with E-state index in [0.29, 0.717) is 5.89 Å². The summed E-state index contributed by atoms with van der Waals surface area (Å²) in [6.07, 6.45) is 0. The number of aromatic nitrogens is 2. The van der Waals surface area contributed by atoms with Crippen LogP contribution in [0.4, 0.5) is 0 Å². The van der Waals surface area contributed by atoms with Gasteiger partial charge in [-0.15, -0.1) is 5.10 Å². The van der Waals surface area contributed by atoms with Crippen molar-refractivity contribution in [3.8, 4) is 17.5 Å².